The summed E-state index contributed by atoms with van der Waals surface area (Å²) in [5.41, 5.74) is 1.09. The molecular weight excluding hydrogens is 318 g/mol. The summed E-state index contributed by atoms with van der Waals surface area (Å²) in [6, 6.07) is 19.6. The number of thiophene rings is 1. The maximum absolute atomic E-state index is 10.5. The van der Waals surface area contributed by atoms with E-state index in [0.717, 1.165) is 10.9 Å². The minimum Gasteiger partial charge on any atom is -0.477 e. The average molecular weight is 332 g/mol. The number of fused-ring (bicyclic) bond motifs is 2. The molecule has 0 saturated carbocycles. The van der Waals surface area contributed by atoms with E-state index in [1.165, 1.54) is 10.1 Å². The van der Waals surface area contributed by atoms with Crippen LogP contribution in [0.4, 0.5) is 0 Å². The van der Waals surface area contributed by atoms with Crippen molar-refractivity contribution < 1.29 is 9.90 Å². The van der Waals surface area contributed by atoms with Gasteiger partial charge < -0.3 is 10.1 Å². The van der Waals surface area contributed by atoms with Crippen molar-refractivity contribution in [2.24, 2.45) is 0 Å². The van der Waals surface area contributed by atoms with E-state index in [9.17, 15) is 4.79 Å². The van der Waals surface area contributed by atoms with E-state index in [-0.39, 0.29) is 18.1 Å². The van der Waals surface area contributed by atoms with Gasteiger partial charge in [0.25, 0.3) is 0 Å². The lowest BCUT2D eigenvalue weighted by Gasteiger charge is -1.84. The van der Waals surface area contributed by atoms with Crippen molar-refractivity contribution in [3.05, 3.63) is 71.7 Å². The number of hydrogen-bond donors (Lipinski definition) is 2. The van der Waals surface area contributed by atoms with Crippen LogP contribution in [0.25, 0.3) is 21.0 Å². The van der Waals surface area contributed by atoms with Crippen LogP contribution >= 0.6 is 23.7 Å². The highest BCUT2D eigenvalue weighted by Crippen LogP contribution is 2.18. The summed E-state index contributed by atoms with van der Waals surface area (Å²) < 4.78 is 1.37. The molecule has 2 aromatic carbocycles. The Kier molecular flexibility index (Phi) is 5.20. The Morgan fingerprint density at radius 2 is 1.64 bits per heavy atom. The molecule has 2 aromatic heterocycles. The van der Waals surface area contributed by atoms with Gasteiger partial charge in [-0.3, -0.25) is 0 Å². The van der Waals surface area contributed by atoms with Gasteiger partial charge in [0.1, 0.15) is 5.69 Å². The Hall–Kier alpha value is -2.30. The summed E-state index contributed by atoms with van der Waals surface area (Å²) in [7, 11) is 0. The van der Waals surface area contributed by atoms with Crippen molar-refractivity contribution in [1.82, 2.24) is 4.98 Å². The number of nitrogens with one attached hydrogen (secondary N) is 1. The molecule has 3 nitrogen and oxygen atoms in total. The van der Waals surface area contributed by atoms with Crippen LogP contribution in [0, 0.1) is 0 Å². The largest absolute Gasteiger partial charge is 0.477 e. The van der Waals surface area contributed by atoms with Crippen LogP contribution in [0.15, 0.2) is 66.0 Å². The van der Waals surface area contributed by atoms with Crippen molar-refractivity contribution in [1.29, 1.82) is 0 Å². The molecule has 0 saturated heterocycles. The van der Waals surface area contributed by atoms with Gasteiger partial charge in [0.2, 0.25) is 0 Å². The molecule has 0 aliphatic rings. The molecule has 22 heavy (non-hydrogen) atoms. The summed E-state index contributed by atoms with van der Waals surface area (Å²) in [6.07, 6.45) is 0. The van der Waals surface area contributed by atoms with E-state index in [4.69, 9.17) is 5.11 Å². The molecule has 2 N–H and O–H groups in total. The molecule has 4 aromatic rings. The smallest absolute Gasteiger partial charge is 0.352 e. The van der Waals surface area contributed by atoms with Gasteiger partial charge >= 0.3 is 5.97 Å². The summed E-state index contributed by atoms with van der Waals surface area (Å²) in [5, 5.41) is 13.0. The van der Waals surface area contributed by atoms with E-state index in [1.807, 2.05) is 24.3 Å². The number of rotatable bonds is 1. The predicted octanol–water partition coefficient (Wildman–Crippen LogP) is 5.19. The Morgan fingerprint density at radius 1 is 0.955 bits per heavy atom. The normalized spacial score (nSPS) is 9.82. The second-order valence-corrected chi connectivity index (χ2v) is 5.48. The third-order valence-corrected chi connectivity index (χ3v) is 4.02. The molecule has 0 fully saturated rings. The van der Waals surface area contributed by atoms with E-state index < -0.39 is 5.97 Å². The maximum atomic E-state index is 10.5. The van der Waals surface area contributed by atoms with Crippen molar-refractivity contribution in [3.63, 3.8) is 0 Å². The topological polar surface area (TPSA) is 53.1 Å². The fraction of sp³-hybridized carbons (Fsp3) is 0. The fourth-order valence-electron chi connectivity index (χ4n) is 2.09. The van der Waals surface area contributed by atoms with Gasteiger partial charge in [0.15, 0.2) is 0 Å². The highest BCUT2D eigenvalue weighted by atomic mass is 35.5. The molecule has 5 heteroatoms. The molecule has 0 aliphatic heterocycles. The maximum Gasteiger partial charge on any atom is 0.352 e. The van der Waals surface area contributed by atoms with E-state index in [0.29, 0.717) is 0 Å². The summed E-state index contributed by atoms with van der Waals surface area (Å²) >= 11 is 1.79. The SMILES string of the molecule is Cl.O=C(O)c1cc2ccccc2[nH]1.c1ccc2sccc2c1. The van der Waals surface area contributed by atoms with Crippen molar-refractivity contribution in [2.75, 3.05) is 0 Å². The highest BCUT2D eigenvalue weighted by molar-refractivity contribution is 7.17. The van der Waals surface area contributed by atoms with Gasteiger partial charge in [0, 0.05) is 15.6 Å². The first-order valence-corrected chi connectivity index (χ1v) is 7.35. The van der Waals surface area contributed by atoms with Gasteiger partial charge in [-0.15, -0.1) is 23.7 Å². The Morgan fingerprint density at radius 3 is 2.32 bits per heavy atom. The number of halogens is 1. The molecule has 112 valence electrons. The summed E-state index contributed by atoms with van der Waals surface area (Å²) in [5.74, 6) is -0.925. The first kappa shape index (κ1) is 16.1. The molecule has 2 heterocycles. The fourth-order valence-corrected chi connectivity index (χ4v) is 2.89. The lowest BCUT2D eigenvalue weighted by atomic mass is 10.2. The Bertz CT molecular complexity index is 834. The summed E-state index contributed by atoms with van der Waals surface area (Å²) in [6.45, 7) is 0. The molecule has 0 unspecified atom stereocenters. The van der Waals surface area contributed by atoms with Crippen molar-refractivity contribution >= 4 is 50.7 Å². The predicted molar refractivity (Wildman–Crippen MR) is 94.3 cm³/mol. The number of para-hydroxylation sites is 1. The number of H-pyrrole nitrogens is 1. The number of benzene rings is 2. The molecule has 4 rings (SSSR count). The lowest BCUT2D eigenvalue weighted by molar-refractivity contribution is 0.0691. The molecule has 0 aliphatic carbocycles. The summed E-state index contributed by atoms with van der Waals surface area (Å²) in [4.78, 5) is 13.3. The minimum absolute atomic E-state index is 0. The minimum atomic E-state index is -0.925. The van der Waals surface area contributed by atoms with E-state index in [1.54, 1.807) is 17.4 Å². The van der Waals surface area contributed by atoms with Gasteiger partial charge in [-0.25, -0.2) is 4.79 Å². The zero-order valence-electron chi connectivity index (χ0n) is 11.5. The number of aromatic nitrogens is 1. The second kappa shape index (κ2) is 7.11. The number of hydrogen-bond acceptors (Lipinski definition) is 2. The number of carboxylic acid groups (broad SMARTS) is 1. The zero-order valence-corrected chi connectivity index (χ0v) is 13.2. The first-order chi connectivity index (χ1) is 10.2. The third kappa shape index (κ3) is 3.47. The van der Waals surface area contributed by atoms with E-state index >= 15 is 0 Å². The lowest BCUT2D eigenvalue weighted by Crippen LogP contribution is -1.94. The van der Waals surface area contributed by atoms with Crippen molar-refractivity contribution in [3.8, 4) is 0 Å². The quantitative estimate of drug-likeness (QED) is 0.504. The van der Waals surface area contributed by atoms with Crippen LogP contribution in [-0.2, 0) is 0 Å². The van der Waals surface area contributed by atoms with Gasteiger partial charge in [0.05, 0.1) is 0 Å². The second-order valence-electron chi connectivity index (χ2n) is 4.53. The average Bonchev–Trinajstić information content (AvgIpc) is 3.14. The number of carboxylic acids is 1. The van der Waals surface area contributed by atoms with Crippen LogP contribution in [-0.4, -0.2) is 16.1 Å². The monoisotopic (exact) mass is 331 g/mol. The molecule has 0 spiro atoms. The van der Waals surface area contributed by atoms with Gasteiger partial charge in [-0.2, -0.15) is 0 Å². The molecular formula is C17H14ClNO2S. The third-order valence-electron chi connectivity index (χ3n) is 3.12. The standard InChI is InChI=1S/C9H7NO2.C8H6S.ClH/c11-9(12)8-5-6-3-1-2-4-7(6)10-8;1-2-4-8-7(3-1)5-6-9-8;/h1-5,10H,(H,11,12);1-6H;1H. The number of carbonyl (C=O) groups is 1. The first-order valence-electron chi connectivity index (χ1n) is 6.47. The zero-order chi connectivity index (χ0) is 14.7. The number of aromatic amines is 1. The van der Waals surface area contributed by atoms with E-state index in [2.05, 4.69) is 40.7 Å². The van der Waals surface area contributed by atoms with Crippen LogP contribution in [0.5, 0.6) is 0 Å². The van der Waals surface area contributed by atoms with Crippen LogP contribution in [0.1, 0.15) is 10.5 Å². The van der Waals surface area contributed by atoms with Gasteiger partial charge in [-0.1, -0.05) is 36.4 Å². The highest BCUT2D eigenvalue weighted by Gasteiger charge is 2.05. The van der Waals surface area contributed by atoms with Crippen molar-refractivity contribution in [2.45, 2.75) is 0 Å². The molecule has 0 atom stereocenters. The molecule has 0 radical (unpaired) electrons. The molecule has 0 bridgehead atoms. The van der Waals surface area contributed by atoms with Gasteiger partial charge in [-0.05, 0) is 35.0 Å². The number of aromatic carboxylic acids is 1. The van der Waals surface area contributed by atoms with Crippen LogP contribution < -0.4 is 0 Å². The van der Waals surface area contributed by atoms with Crippen LogP contribution in [0.3, 0.4) is 0 Å². The Labute approximate surface area is 137 Å². The van der Waals surface area contributed by atoms with Crippen LogP contribution in [0.2, 0.25) is 0 Å². The Balaban J connectivity index is 0.000000159. The molecule has 0 amide bonds.